The smallest absolute Gasteiger partial charge is 0.244 e. The van der Waals surface area contributed by atoms with Gasteiger partial charge in [0.15, 0.2) is 11.5 Å². The first-order valence-corrected chi connectivity index (χ1v) is 7.36. The zero-order valence-electron chi connectivity index (χ0n) is 11.1. The first-order chi connectivity index (χ1) is 10.3. The van der Waals surface area contributed by atoms with Crippen LogP contribution in [0.2, 0.25) is 0 Å². The maximum atomic E-state index is 11.7. The lowest BCUT2D eigenvalue weighted by Crippen LogP contribution is -2.19. The molecule has 21 heavy (non-hydrogen) atoms. The van der Waals surface area contributed by atoms with Crippen molar-refractivity contribution in [3.8, 4) is 11.5 Å². The van der Waals surface area contributed by atoms with E-state index in [9.17, 15) is 4.79 Å². The highest BCUT2D eigenvalue weighted by atomic mass is 32.1. The van der Waals surface area contributed by atoms with E-state index in [1.807, 2.05) is 35.0 Å². The van der Waals surface area contributed by atoms with Gasteiger partial charge >= 0.3 is 0 Å². The minimum absolute atomic E-state index is 0.155. The topological polar surface area (TPSA) is 55.4 Å². The third kappa shape index (κ3) is 3.52. The molecule has 0 unspecified atom stereocenters. The molecule has 1 N–H and O–H groups in total. The Labute approximate surface area is 125 Å². The van der Waals surface area contributed by atoms with E-state index in [1.165, 1.54) is 6.08 Å². The molecule has 0 radical (unpaired) electrons. The quantitative estimate of drug-likeness (QED) is 0.726. The Hall–Kier alpha value is -2.53. The SMILES string of the molecule is O=C(/C=C/c1ccsc1)NCc1ccc(-c2ccco2)o1. The van der Waals surface area contributed by atoms with E-state index in [2.05, 4.69) is 5.32 Å². The molecule has 3 heterocycles. The van der Waals surface area contributed by atoms with Crippen LogP contribution in [0, 0.1) is 0 Å². The third-order valence-electron chi connectivity index (χ3n) is 2.83. The fraction of sp³-hybridized carbons (Fsp3) is 0.0625. The van der Waals surface area contributed by atoms with Gasteiger partial charge in [0.05, 0.1) is 12.8 Å². The number of hydrogen-bond donors (Lipinski definition) is 1. The Kier molecular flexibility index (Phi) is 4.02. The van der Waals surface area contributed by atoms with E-state index >= 15 is 0 Å². The average Bonchev–Trinajstić information content (AvgIpc) is 3.24. The molecule has 5 heteroatoms. The number of amides is 1. The summed E-state index contributed by atoms with van der Waals surface area (Å²) in [6.45, 7) is 0.341. The van der Waals surface area contributed by atoms with Gasteiger partial charge in [0.1, 0.15) is 5.76 Å². The van der Waals surface area contributed by atoms with E-state index in [4.69, 9.17) is 8.83 Å². The largest absolute Gasteiger partial charge is 0.461 e. The molecule has 0 fully saturated rings. The number of carbonyl (C=O) groups is 1. The molecule has 0 aliphatic carbocycles. The van der Waals surface area contributed by atoms with E-state index in [0.717, 1.165) is 5.56 Å². The maximum Gasteiger partial charge on any atom is 0.244 e. The van der Waals surface area contributed by atoms with Crippen molar-refractivity contribution in [3.05, 3.63) is 64.8 Å². The van der Waals surface area contributed by atoms with Crippen LogP contribution in [0.25, 0.3) is 17.6 Å². The van der Waals surface area contributed by atoms with Gasteiger partial charge in [0.25, 0.3) is 0 Å². The molecule has 0 spiro atoms. The Bertz CT molecular complexity index is 724. The highest BCUT2D eigenvalue weighted by Crippen LogP contribution is 2.22. The van der Waals surface area contributed by atoms with Crippen molar-refractivity contribution in [3.63, 3.8) is 0 Å². The molecule has 0 bridgehead atoms. The molecule has 3 aromatic heterocycles. The molecule has 0 saturated heterocycles. The normalized spacial score (nSPS) is 11.0. The summed E-state index contributed by atoms with van der Waals surface area (Å²) in [5, 5.41) is 6.72. The Morgan fingerprint density at radius 1 is 1.24 bits per heavy atom. The summed E-state index contributed by atoms with van der Waals surface area (Å²) in [6, 6.07) is 9.22. The highest BCUT2D eigenvalue weighted by Gasteiger charge is 2.07. The zero-order valence-corrected chi connectivity index (χ0v) is 11.9. The Morgan fingerprint density at radius 3 is 2.95 bits per heavy atom. The summed E-state index contributed by atoms with van der Waals surface area (Å²) in [5.41, 5.74) is 1.02. The molecule has 106 valence electrons. The molecular formula is C16H13NO3S. The predicted octanol–water partition coefficient (Wildman–Crippen LogP) is 3.93. The van der Waals surface area contributed by atoms with Crippen LogP contribution in [-0.4, -0.2) is 5.91 Å². The van der Waals surface area contributed by atoms with Gasteiger partial charge in [-0.25, -0.2) is 0 Å². The van der Waals surface area contributed by atoms with Gasteiger partial charge in [-0.1, -0.05) is 0 Å². The third-order valence-corrected chi connectivity index (χ3v) is 3.53. The second-order valence-electron chi connectivity index (χ2n) is 4.35. The number of thiophene rings is 1. The highest BCUT2D eigenvalue weighted by molar-refractivity contribution is 7.08. The molecule has 0 atom stereocenters. The van der Waals surface area contributed by atoms with Crippen molar-refractivity contribution in [1.29, 1.82) is 0 Å². The molecule has 0 aliphatic rings. The van der Waals surface area contributed by atoms with Crippen LogP contribution >= 0.6 is 11.3 Å². The van der Waals surface area contributed by atoms with Crippen LogP contribution < -0.4 is 5.32 Å². The lowest BCUT2D eigenvalue weighted by Gasteiger charge is -1.98. The van der Waals surface area contributed by atoms with Crippen molar-refractivity contribution in [2.45, 2.75) is 6.54 Å². The fourth-order valence-electron chi connectivity index (χ4n) is 1.80. The standard InChI is InChI=1S/C16H13NO3S/c18-16(6-3-12-7-9-21-11-12)17-10-13-4-5-15(20-13)14-2-1-8-19-14/h1-9,11H,10H2,(H,17,18)/b6-3+. The van der Waals surface area contributed by atoms with Crippen LogP contribution in [0.3, 0.4) is 0 Å². The minimum Gasteiger partial charge on any atom is -0.461 e. The zero-order chi connectivity index (χ0) is 14.5. The van der Waals surface area contributed by atoms with Crippen molar-refractivity contribution in [2.75, 3.05) is 0 Å². The van der Waals surface area contributed by atoms with Crippen LogP contribution in [0.15, 0.2) is 62.3 Å². The number of carbonyl (C=O) groups excluding carboxylic acids is 1. The molecule has 4 nitrogen and oxygen atoms in total. The van der Waals surface area contributed by atoms with Crippen LogP contribution in [0.4, 0.5) is 0 Å². The van der Waals surface area contributed by atoms with E-state index in [0.29, 0.717) is 23.8 Å². The summed E-state index contributed by atoms with van der Waals surface area (Å²) < 4.78 is 10.8. The summed E-state index contributed by atoms with van der Waals surface area (Å²) in [6.07, 6.45) is 4.88. The number of nitrogens with one attached hydrogen (secondary N) is 1. The van der Waals surface area contributed by atoms with Gasteiger partial charge < -0.3 is 14.2 Å². The number of rotatable bonds is 5. The van der Waals surface area contributed by atoms with Gasteiger partial charge in [-0.2, -0.15) is 11.3 Å². The minimum atomic E-state index is -0.155. The molecule has 3 rings (SSSR count). The summed E-state index contributed by atoms with van der Waals surface area (Å²) in [7, 11) is 0. The van der Waals surface area contributed by atoms with E-state index in [1.54, 1.807) is 29.7 Å². The molecule has 0 aliphatic heterocycles. The number of furan rings is 2. The summed E-state index contributed by atoms with van der Waals surface area (Å²) in [4.78, 5) is 11.7. The Morgan fingerprint density at radius 2 is 2.19 bits per heavy atom. The predicted molar refractivity (Wildman–Crippen MR) is 81.6 cm³/mol. The summed E-state index contributed by atoms with van der Waals surface area (Å²) in [5.74, 6) is 1.85. The second kappa shape index (κ2) is 6.28. The van der Waals surface area contributed by atoms with Gasteiger partial charge in [0.2, 0.25) is 5.91 Å². The Balaban J connectivity index is 1.54. The van der Waals surface area contributed by atoms with Crippen molar-refractivity contribution >= 4 is 23.3 Å². The van der Waals surface area contributed by atoms with Gasteiger partial charge in [-0.15, -0.1) is 0 Å². The van der Waals surface area contributed by atoms with Gasteiger partial charge in [-0.3, -0.25) is 4.79 Å². The lowest BCUT2D eigenvalue weighted by molar-refractivity contribution is -0.116. The lowest BCUT2D eigenvalue weighted by atomic mass is 10.3. The summed E-state index contributed by atoms with van der Waals surface area (Å²) >= 11 is 1.60. The fourth-order valence-corrected chi connectivity index (χ4v) is 2.43. The first-order valence-electron chi connectivity index (χ1n) is 6.42. The molecule has 3 aromatic rings. The average molecular weight is 299 g/mol. The first kappa shape index (κ1) is 13.5. The van der Waals surface area contributed by atoms with Crippen LogP contribution in [0.1, 0.15) is 11.3 Å². The molecule has 0 aromatic carbocycles. The monoisotopic (exact) mass is 299 g/mol. The number of hydrogen-bond acceptors (Lipinski definition) is 4. The van der Waals surface area contributed by atoms with Crippen molar-refractivity contribution < 1.29 is 13.6 Å². The van der Waals surface area contributed by atoms with Crippen LogP contribution in [-0.2, 0) is 11.3 Å². The van der Waals surface area contributed by atoms with Gasteiger partial charge in [-0.05, 0) is 52.7 Å². The maximum absolute atomic E-state index is 11.7. The van der Waals surface area contributed by atoms with Crippen molar-refractivity contribution in [2.24, 2.45) is 0 Å². The van der Waals surface area contributed by atoms with E-state index < -0.39 is 0 Å². The van der Waals surface area contributed by atoms with Crippen LogP contribution in [0.5, 0.6) is 0 Å². The van der Waals surface area contributed by atoms with Crippen molar-refractivity contribution in [1.82, 2.24) is 5.32 Å². The van der Waals surface area contributed by atoms with Gasteiger partial charge in [0, 0.05) is 6.08 Å². The molecule has 1 amide bonds. The molecular weight excluding hydrogens is 286 g/mol. The second-order valence-corrected chi connectivity index (χ2v) is 5.13. The van der Waals surface area contributed by atoms with E-state index in [-0.39, 0.29) is 5.91 Å². The molecule has 0 saturated carbocycles.